The van der Waals surface area contributed by atoms with Crippen LogP contribution in [0, 0.1) is 34.4 Å². The average Bonchev–Trinajstić information content (AvgIpc) is 2.79. The van der Waals surface area contributed by atoms with E-state index in [4.69, 9.17) is 33.1 Å². The van der Waals surface area contributed by atoms with Crippen LogP contribution in [0.15, 0.2) is 41.4 Å². The molecule has 3 aromatic rings. The van der Waals surface area contributed by atoms with Crippen molar-refractivity contribution in [2.24, 2.45) is 4.99 Å². The van der Waals surface area contributed by atoms with Crippen LogP contribution < -0.4 is 26.8 Å². The predicted molar refractivity (Wildman–Crippen MR) is 122 cm³/mol. The van der Waals surface area contributed by atoms with Gasteiger partial charge >= 0.3 is 0 Å². The van der Waals surface area contributed by atoms with Gasteiger partial charge in [-0.3, -0.25) is 5.32 Å². The molecule has 0 saturated carbocycles. The molecule has 0 radical (unpaired) electrons. The number of nitriles is 2. The molecule has 1 atom stereocenters. The van der Waals surface area contributed by atoms with Gasteiger partial charge in [0.2, 0.25) is 5.96 Å². The van der Waals surface area contributed by atoms with Gasteiger partial charge < -0.3 is 21.5 Å². The summed E-state index contributed by atoms with van der Waals surface area (Å²) in [7, 11) is 0. The van der Waals surface area contributed by atoms with Gasteiger partial charge in [0.1, 0.15) is 53.3 Å². The lowest BCUT2D eigenvalue weighted by atomic mass is 9.94. The Balaban J connectivity index is 1.83. The molecule has 1 aliphatic rings. The zero-order chi connectivity index (χ0) is 24.4. The monoisotopic (exact) mass is 480 g/mol. The maximum Gasteiger partial charge on any atom is 0.211 e. The number of ether oxygens (including phenoxy) is 1. The number of aliphatic imine (C=N–C) groups is 1. The van der Waals surface area contributed by atoms with Crippen molar-refractivity contribution in [3.63, 3.8) is 0 Å². The number of guanidine groups is 1. The van der Waals surface area contributed by atoms with Gasteiger partial charge in [0, 0.05) is 27.8 Å². The van der Waals surface area contributed by atoms with E-state index in [2.05, 4.69) is 20.6 Å². The SMILES string of the molecule is N#CNC1=NC(c2cc(Cl)ccc2OCc2ccc(F)cc2F)c2c(nc(N)c(C#N)c2N)N1. The first-order chi connectivity index (χ1) is 16.3. The Morgan fingerprint density at radius 1 is 1.18 bits per heavy atom. The molecule has 0 spiro atoms. The molecule has 2 aromatic carbocycles. The summed E-state index contributed by atoms with van der Waals surface area (Å²) in [4.78, 5) is 8.67. The molecule has 1 aromatic heterocycles. The first-order valence-electron chi connectivity index (χ1n) is 9.67. The topological polar surface area (TPSA) is 158 Å². The van der Waals surface area contributed by atoms with Gasteiger partial charge in [0.05, 0.1) is 5.69 Å². The number of benzene rings is 2. The second-order valence-corrected chi connectivity index (χ2v) is 7.54. The van der Waals surface area contributed by atoms with E-state index in [1.807, 2.05) is 6.07 Å². The summed E-state index contributed by atoms with van der Waals surface area (Å²) in [6, 6.07) is 8.84. The molecule has 0 saturated heterocycles. The van der Waals surface area contributed by atoms with Crippen LogP contribution in [0.3, 0.4) is 0 Å². The number of hydrogen-bond donors (Lipinski definition) is 4. The first-order valence-corrected chi connectivity index (χ1v) is 10.0. The van der Waals surface area contributed by atoms with Gasteiger partial charge in [-0.15, -0.1) is 0 Å². The highest BCUT2D eigenvalue weighted by molar-refractivity contribution is 6.30. The number of anilines is 3. The normalized spacial score (nSPS) is 14.1. The lowest BCUT2D eigenvalue weighted by molar-refractivity contribution is 0.295. The van der Waals surface area contributed by atoms with E-state index < -0.39 is 17.7 Å². The second kappa shape index (κ2) is 9.10. The third-order valence-corrected chi connectivity index (χ3v) is 5.26. The highest BCUT2D eigenvalue weighted by atomic mass is 35.5. The van der Waals surface area contributed by atoms with Crippen molar-refractivity contribution in [2.45, 2.75) is 12.6 Å². The number of fused-ring (bicyclic) bond motifs is 1. The molecule has 9 nitrogen and oxygen atoms in total. The summed E-state index contributed by atoms with van der Waals surface area (Å²) in [5, 5.41) is 24.1. The fraction of sp³-hybridized carbons (Fsp3) is 0.0909. The molecule has 34 heavy (non-hydrogen) atoms. The molecule has 1 aliphatic heterocycles. The van der Waals surface area contributed by atoms with Gasteiger partial charge in [-0.25, -0.2) is 18.8 Å². The summed E-state index contributed by atoms with van der Waals surface area (Å²) in [6.07, 6.45) is 1.76. The highest BCUT2D eigenvalue weighted by Gasteiger charge is 2.31. The Labute approximate surface area is 197 Å². The Morgan fingerprint density at radius 2 is 1.97 bits per heavy atom. The lowest BCUT2D eigenvalue weighted by Crippen LogP contribution is -2.33. The van der Waals surface area contributed by atoms with Crippen LogP contribution in [0.2, 0.25) is 5.02 Å². The van der Waals surface area contributed by atoms with Crippen molar-refractivity contribution in [2.75, 3.05) is 16.8 Å². The number of nitrogens with one attached hydrogen (secondary N) is 2. The average molecular weight is 481 g/mol. The zero-order valence-corrected chi connectivity index (χ0v) is 18.0. The minimum Gasteiger partial charge on any atom is -0.488 e. The van der Waals surface area contributed by atoms with Crippen molar-refractivity contribution in [3.05, 3.63) is 75.3 Å². The Hall–Kier alpha value is -4.61. The minimum atomic E-state index is -0.918. The molecule has 1 unspecified atom stereocenters. The Bertz CT molecular complexity index is 1410. The maximum atomic E-state index is 14.1. The molecule has 170 valence electrons. The van der Waals surface area contributed by atoms with Crippen LogP contribution in [-0.4, -0.2) is 10.9 Å². The van der Waals surface area contributed by atoms with Gasteiger partial charge in [0.25, 0.3) is 0 Å². The van der Waals surface area contributed by atoms with Gasteiger partial charge in [0.15, 0.2) is 6.19 Å². The van der Waals surface area contributed by atoms with Gasteiger partial charge in [-0.2, -0.15) is 10.5 Å². The maximum absolute atomic E-state index is 14.1. The molecule has 0 fully saturated rings. The van der Waals surface area contributed by atoms with E-state index in [0.29, 0.717) is 16.1 Å². The molecule has 2 heterocycles. The largest absolute Gasteiger partial charge is 0.488 e. The molecule has 0 aliphatic carbocycles. The fourth-order valence-electron chi connectivity index (χ4n) is 3.46. The van der Waals surface area contributed by atoms with E-state index in [1.54, 1.807) is 24.4 Å². The van der Waals surface area contributed by atoms with Crippen LogP contribution in [0.5, 0.6) is 5.75 Å². The lowest BCUT2D eigenvalue weighted by Gasteiger charge is -2.27. The Morgan fingerprint density at radius 3 is 2.68 bits per heavy atom. The van der Waals surface area contributed by atoms with Crippen molar-refractivity contribution in [1.29, 1.82) is 10.5 Å². The summed E-state index contributed by atoms with van der Waals surface area (Å²) < 4.78 is 33.2. The summed E-state index contributed by atoms with van der Waals surface area (Å²) in [5.41, 5.74) is 13.0. The third kappa shape index (κ3) is 4.20. The van der Waals surface area contributed by atoms with Gasteiger partial charge in [-0.05, 0) is 30.3 Å². The second-order valence-electron chi connectivity index (χ2n) is 7.11. The first kappa shape index (κ1) is 22.6. The van der Waals surface area contributed by atoms with E-state index in [9.17, 15) is 14.0 Å². The van der Waals surface area contributed by atoms with Crippen LogP contribution in [0.4, 0.5) is 26.1 Å². The van der Waals surface area contributed by atoms with Crippen LogP contribution in [0.1, 0.15) is 28.3 Å². The Kier molecular flexibility index (Phi) is 6.04. The number of nitrogens with zero attached hydrogens (tertiary/aromatic N) is 4. The van der Waals surface area contributed by atoms with Crippen LogP contribution in [-0.2, 0) is 6.61 Å². The number of hydrogen-bond acceptors (Lipinski definition) is 9. The summed E-state index contributed by atoms with van der Waals surface area (Å²) in [6.45, 7) is -0.218. The summed E-state index contributed by atoms with van der Waals surface area (Å²) in [5.74, 6) is -1.07. The smallest absolute Gasteiger partial charge is 0.211 e. The molecule has 0 bridgehead atoms. The molecular formula is C22H15ClF2N8O. The quantitative estimate of drug-likeness (QED) is 0.326. The van der Waals surface area contributed by atoms with E-state index in [0.717, 1.165) is 12.1 Å². The highest BCUT2D eigenvalue weighted by Crippen LogP contribution is 2.44. The van der Waals surface area contributed by atoms with Gasteiger partial charge in [-0.1, -0.05) is 11.6 Å². The third-order valence-electron chi connectivity index (χ3n) is 5.02. The van der Waals surface area contributed by atoms with E-state index >= 15 is 0 Å². The molecular weight excluding hydrogens is 466 g/mol. The van der Waals surface area contributed by atoms with Crippen molar-refractivity contribution >= 4 is 34.9 Å². The van der Waals surface area contributed by atoms with Crippen molar-refractivity contribution < 1.29 is 13.5 Å². The standard InChI is InChI=1S/C22H15ClF2N8O/c23-11-2-4-16(34-8-10-1-3-12(24)6-15(10)25)13(5-11)19-17-18(28)14(7-26)20(29)32-21(17)33-22(31-19)30-9-27/h1-6,19H,8H2,(H6,28,29,30,31,32,33). The van der Waals surface area contributed by atoms with E-state index in [-0.39, 0.29) is 46.8 Å². The molecule has 0 amide bonds. The van der Waals surface area contributed by atoms with Crippen molar-refractivity contribution in [3.8, 4) is 18.0 Å². The number of nitrogens with two attached hydrogens (primary N) is 2. The number of halogens is 3. The zero-order valence-electron chi connectivity index (χ0n) is 17.2. The number of rotatable bonds is 4. The van der Waals surface area contributed by atoms with Crippen molar-refractivity contribution in [1.82, 2.24) is 10.3 Å². The number of nitrogen functional groups attached to an aromatic ring is 2. The predicted octanol–water partition coefficient (Wildman–Crippen LogP) is 3.57. The molecule has 6 N–H and O–H groups in total. The molecule has 4 rings (SSSR count). The van der Waals surface area contributed by atoms with E-state index in [1.165, 1.54) is 6.07 Å². The van der Waals surface area contributed by atoms with Crippen LogP contribution >= 0.6 is 11.6 Å². The number of pyridine rings is 1. The fourth-order valence-corrected chi connectivity index (χ4v) is 3.65. The minimum absolute atomic E-state index is 0.0321. The number of aromatic nitrogens is 1. The molecule has 12 heteroatoms. The summed E-state index contributed by atoms with van der Waals surface area (Å²) >= 11 is 6.24. The van der Waals surface area contributed by atoms with Crippen LogP contribution in [0.25, 0.3) is 0 Å².